The van der Waals surface area contributed by atoms with Gasteiger partial charge in [-0.15, -0.1) is 0 Å². The highest BCUT2D eigenvalue weighted by Gasteiger charge is 2.27. The second kappa shape index (κ2) is 9.62. The minimum Gasteiger partial charge on any atom is -0.496 e. The van der Waals surface area contributed by atoms with E-state index < -0.39 is 0 Å². The first kappa shape index (κ1) is 23.6. The van der Waals surface area contributed by atoms with Crippen LogP contribution in [-0.4, -0.2) is 7.11 Å². The van der Waals surface area contributed by atoms with Gasteiger partial charge in [-0.2, -0.15) is 25.3 Å². The van der Waals surface area contributed by atoms with E-state index in [4.69, 9.17) is 9.47 Å². The van der Waals surface area contributed by atoms with Crippen LogP contribution in [0.2, 0.25) is 0 Å². The summed E-state index contributed by atoms with van der Waals surface area (Å²) in [4.78, 5) is 0. The van der Waals surface area contributed by atoms with Crippen molar-refractivity contribution in [1.29, 1.82) is 0 Å². The second-order valence-corrected chi connectivity index (χ2v) is 9.26. The third-order valence-corrected chi connectivity index (χ3v) is 6.61. The van der Waals surface area contributed by atoms with Gasteiger partial charge in [0.2, 0.25) is 0 Å². The second-order valence-electron chi connectivity index (χ2n) is 8.62. The Balaban J connectivity index is 2.05. The highest BCUT2D eigenvalue weighted by Crippen LogP contribution is 2.40. The van der Waals surface area contributed by atoms with Crippen molar-refractivity contribution in [3.05, 3.63) is 87.5 Å². The molecule has 0 N–H and O–H groups in total. The molecule has 3 aromatic rings. The SMILES string of the molecule is COc1c(C)cc(C(C)(C)c2cc(C)c(Oc3ccc(C)cc3)c(CS)c2)cc1CS. The average molecular weight is 453 g/mol. The predicted octanol–water partition coefficient (Wildman–Crippen LogP) is 7.60. The van der Waals surface area contributed by atoms with Crippen LogP contribution in [0.3, 0.4) is 0 Å². The lowest BCUT2D eigenvalue weighted by Crippen LogP contribution is -2.20. The van der Waals surface area contributed by atoms with Gasteiger partial charge >= 0.3 is 0 Å². The minimum absolute atomic E-state index is 0.195. The summed E-state index contributed by atoms with van der Waals surface area (Å²) in [6.07, 6.45) is 0. The molecular weight excluding hydrogens is 420 g/mol. The van der Waals surface area contributed by atoms with Crippen LogP contribution in [0.5, 0.6) is 17.2 Å². The van der Waals surface area contributed by atoms with Gasteiger partial charge < -0.3 is 9.47 Å². The molecule has 31 heavy (non-hydrogen) atoms. The van der Waals surface area contributed by atoms with Crippen molar-refractivity contribution in [2.45, 2.75) is 51.5 Å². The summed E-state index contributed by atoms with van der Waals surface area (Å²) < 4.78 is 11.9. The average Bonchev–Trinajstić information content (AvgIpc) is 2.75. The monoisotopic (exact) mass is 452 g/mol. The largest absolute Gasteiger partial charge is 0.496 e. The summed E-state index contributed by atoms with van der Waals surface area (Å²) in [5, 5.41) is 0. The molecule has 3 aromatic carbocycles. The molecule has 0 saturated carbocycles. The molecule has 0 aromatic heterocycles. The molecule has 0 saturated heterocycles. The number of benzene rings is 3. The molecule has 4 heteroatoms. The Hall–Kier alpha value is -2.04. The summed E-state index contributed by atoms with van der Waals surface area (Å²) in [5.41, 5.74) is 7.93. The smallest absolute Gasteiger partial charge is 0.134 e. The van der Waals surface area contributed by atoms with Crippen LogP contribution in [0.15, 0.2) is 48.5 Å². The number of ether oxygens (including phenoxy) is 2. The molecule has 0 heterocycles. The Morgan fingerprint density at radius 1 is 0.742 bits per heavy atom. The fourth-order valence-corrected chi connectivity index (χ4v) is 4.45. The molecule has 0 aliphatic carbocycles. The lowest BCUT2D eigenvalue weighted by Gasteiger charge is -2.29. The van der Waals surface area contributed by atoms with Gasteiger partial charge in [0.1, 0.15) is 17.2 Å². The summed E-state index contributed by atoms with van der Waals surface area (Å²) in [6, 6.07) is 17.0. The van der Waals surface area contributed by atoms with E-state index in [1.807, 2.05) is 12.1 Å². The Bertz CT molecular complexity index is 1070. The van der Waals surface area contributed by atoms with E-state index in [1.54, 1.807) is 7.11 Å². The summed E-state index contributed by atoms with van der Waals surface area (Å²) in [6.45, 7) is 10.8. The van der Waals surface area contributed by atoms with Crippen LogP contribution in [-0.2, 0) is 16.9 Å². The number of rotatable bonds is 7. The third kappa shape index (κ3) is 4.91. The molecular formula is C27H32O2S2. The molecule has 3 rings (SSSR count). The number of methoxy groups -OCH3 is 1. The molecule has 2 nitrogen and oxygen atoms in total. The highest BCUT2D eigenvalue weighted by atomic mass is 32.1. The first-order chi connectivity index (χ1) is 14.7. The normalized spacial score (nSPS) is 11.5. The van der Waals surface area contributed by atoms with Crippen LogP contribution in [0.4, 0.5) is 0 Å². The van der Waals surface area contributed by atoms with E-state index in [1.165, 1.54) is 16.7 Å². The summed E-state index contributed by atoms with van der Waals surface area (Å²) >= 11 is 9.13. The minimum atomic E-state index is -0.195. The van der Waals surface area contributed by atoms with Crippen LogP contribution in [0, 0.1) is 20.8 Å². The molecule has 0 bridgehead atoms. The lowest BCUT2D eigenvalue weighted by molar-refractivity contribution is 0.407. The van der Waals surface area contributed by atoms with E-state index in [9.17, 15) is 0 Å². The van der Waals surface area contributed by atoms with Crippen molar-refractivity contribution in [3.63, 3.8) is 0 Å². The maximum Gasteiger partial charge on any atom is 0.134 e. The topological polar surface area (TPSA) is 18.5 Å². The third-order valence-electron chi connectivity index (χ3n) is 5.93. The molecule has 0 atom stereocenters. The van der Waals surface area contributed by atoms with E-state index in [-0.39, 0.29) is 5.41 Å². The first-order valence-electron chi connectivity index (χ1n) is 10.5. The zero-order valence-electron chi connectivity index (χ0n) is 19.2. The standard InChI is InChI=1S/C27H32O2S2/c1-17-7-9-24(10-8-17)29-26-19(3)12-23(14-21(26)16-31)27(4,5)22-11-18(2)25(28-6)20(13-22)15-30/h7-14,30-31H,15-16H2,1-6H3. The lowest BCUT2D eigenvalue weighted by atomic mass is 9.76. The van der Waals surface area contributed by atoms with Gasteiger partial charge in [0, 0.05) is 28.0 Å². The molecule has 0 aliphatic heterocycles. The van der Waals surface area contributed by atoms with Gasteiger partial charge in [-0.1, -0.05) is 55.8 Å². The van der Waals surface area contributed by atoms with Crippen LogP contribution < -0.4 is 9.47 Å². The molecule has 0 radical (unpaired) electrons. The van der Waals surface area contributed by atoms with Gasteiger partial charge in [-0.25, -0.2) is 0 Å². The van der Waals surface area contributed by atoms with Crippen molar-refractivity contribution in [1.82, 2.24) is 0 Å². The van der Waals surface area contributed by atoms with E-state index in [0.29, 0.717) is 11.5 Å². The summed E-state index contributed by atoms with van der Waals surface area (Å²) in [7, 11) is 1.72. The molecule has 0 amide bonds. The Kier molecular flexibility index (Phi) is 7.33. The maximum absolute atomic E-state index is 6.27. The van der Waals surface area contributed by atoms with Crippen LogP contribution >= 0.6 is 25.3 Å². The van der Waals surface area contributed by atoms with Gasteiger partial charge in [-0.3, -0.25) is 0 Å². The fourth-order valence-electron chi connectivity index (χ4n) is 3.98. The molecule has 164 valence electrons. The van der Waals surface area contributed by atoms with Crippen LogP contribution in [0.25, 0.3) is 0 Å². The fraction of sp³-hybridized carbons (Fsp3) is 0.333. The van der Waals surface area contributed by atoms with Gasteiger partial charge in [0.25, 0.3) is 0 Å². The van der Waals surface area contributed by atoms with Gasteiger partial charge in [0.05, 0.1) is 7.11 Å². The van der Waals surface area contributed by atoms with E-state index in [2.05, 4.69) is 96.3 Å². The number of thiol groups is 2. The van der Waals surface area contributed by atoms with E-state index >= 15 is 0 Å². The zero-order valence-corrected chi connectivity index (χ0v) is 21.0. The van der Waals surface area contributed by atoms with Crippen molar-refractivity contribution in [2.24, 2.45) is 0 Å². The maximum atomic E-state index is 6.27. The Labute approximate surface area is 197 Å². The molecule has 0 fully saturated rings. The predicted molar refractivity (Wildman–Crippen MR) is 138 cm³/mol. The number of aryl methyl sites for hydroxylation is 3. The number of hydrogen-bond acceptors (Lipinski definition) is 4. The quantitative estimate of drug-likeness (QED) is 0.360. The van der Waals surface area contributed by atoms with Crippen molar-refractivity contribution < 1.29 is 9.47 Å². The first-order valence-corrected chi connectivity index (χ1v) is 11.8. The van der Waals surface area contributed by atoms with Crippen molar-refractivity contribution in [3.8, 4) is 17.2 Å². The van der Waals surface area contributed by atoms with Crippen molar-refractivity contribution >= 4 is 25.3 Å². The molecule has 0 spiro atoms. The van der Waals surface area contributed by atoms with Crippen LogP contribution in [0.1, 0.15) is 52.8 Å². The summed E-state index contributed by atoms with van der Waals surface area (Å²) in [5.74, 6) is 3.89. The Morgan fingerprint density at radius 3 is 1.71 bits per heavy atom. The zero-order chi connectivity index (χ0) is 22.8. The molecule has 0 unspecified atom stereocenters. The Morgan fingerprint density at radius 2 is 1.23 bits per heavy atom. The van der Waals surface area contributed by atoms with Gasteiger partial charge in [0.15, 0.2) is 0 Å². The van der Waals surface area contributed by atoms with E-state index in [0.717, 1.165) is 39.5 Å². The number of hydrogen-bond donors (Lipinski definition) is 2. The van der Waals surface area contributed by atoms with Gasteiger partial charge in [-0.05, 0) is 55.2 Å². The molecule has 0 aliphatic rings. The van der Waals surface area contributed by atoms with Crippen molar-refractivity contribution in [2.75, 3.05) is 7.11 Å². The highest BCUT2D eigenvalue weighted by molar-refractivity contribution is 7.79.